The summed E-state index contributed by atoms with van der Waals surface area (Å²) < 4.78 is 0. The molecule has 0 aromatic carbocycles. The van der Waals surface area contributed by atoms with Crippen molar-refractivity contribution in [2.45, 2.75) is 27.7 Å². The van der Waals surface area contributed by atoms with Gasteiger partial charge in [0.2, 0.25) is 0 Å². The lowest BCUT2D eigenvalue weighted by atomic mass is 9.84. The van der Waals surface area contributed by atoms with Gasteiger partial charge in [0.15, 0.2) is 0 Å². The topological polar surface area (TPSA) is 34.1 Å². The molecule has 0 saturated carbocycles. The fraction of sp³-hybridized carbons (Fsp3) is 0.750. The molecule has 0 radical (unpaired) electrons. The van der Waals surface area contributed by atoms with Gasteiger partial charge >= 0.3 is 0 Å². The molecule has 58 valence electrons. The highest BCUT2D eigenvalue weighted by atomic mass is 16.1. The van der Waals surface area contributed by atoms with Crippen LogP contribution in [0.3, 0.4) is 0 Å². The summed E-state index contributed by atoms with van der Waals surface area (Å²) in [6.45, 7) is 7.07. The third-order valence-corrected chi connectivity index (χ3v) is 1.36. The molecular formula is C8H14O2. The average molecular weight is 142 g/mol. The molecule has 2 heteroatoms. The first-order chi connectivity index (χ1) is 4.39. The van der Waals surface area contributed by atoms with Crippen LogP contribution in [0, 0.1) is 11.3 Å². The van der Waals surface area contributed by atoms with Crippen molar-refractivity contribution in [2.75, 3.05) is 0 Å². The molecule has 1 unspecified atom stereocenters. The number of carbonyl (C=O) groups excluding carboxylic acids is 2. The molecule has 0 aliphatic rings. The Balaban J connectivity index is 4.22. The minimum atomic E-state index is -0.458. The zero-order chi connectivity index (χ0) is 8.36. The molecule has 0 fully saturated rings. The summed E-state index contributed by atoms with van der Waals surface area (Å²) in [5.41, 5.74) is -0.389. The van der Waals surface area contributed by atoms with Crippen LogP contribution in [0.5, 0.6) is 0 Å². The Morgan fingerprint density at radius 3 is 1.90 bits per heavy atom. The predicted octanol–water partition coefficient (Wildman–Crippen LogP) is 1.44. The van der Waals surface area contributed by atoms with Gasteiger partial charge in [0, 0.05) is 5.41 Å². The van der Waals surface area contributed by atoms with Crippen LogP contribution in [0.1, 0.15) is 27.7 Å². The minimum absolute atomic E-state index is 0.00231. The van der Waals surface area contributed by atoms with Gasteiger partial charge in [-0.2, -0.15) is 0 Å². The maximum Gasteiger partial charge on any atom is 0.148 e. The van der Waals surface area contributed by atoms with E-state index in [-0.39, 0.29) is 11.2 Å². The quantitative estimate of drug-likeness (QED) is 0.432. The molecule has 0 spiro atoms. The maximum absolute atomic E-state index is 11.2. The van der Waals surface area contributed by atoms with Gasteiger partial charge in [-0.1, -0.05) is 20.8 Å². The van der Waals surface area contributed by atoms with E-state index in [0.29, 0.717) is 6.29 Å². The Morgan fingerprint density at radius 2 is 1.80 bits per heavy atom. The number of Topliss-reactive ketones (excluding diaryl/α,β-unsaturated/α-hetero) is 1. The number of ketones is 1. The molecule has 0 heterocycles. The van der Waals surface area contributed by atoms with E-state index in [4.69, 9.17) is 0 Å². The lowest BCUT2D eigenvalue weighted by molar-refractivity contribution is -0.132. The first-order valence-corrected chi connectivity index (χ1v) is 3.39. The summed E-state index contributed by atoms with van der Waals surface area (Å²) in [5, 5.41) is 0. The van der Waals surface area contributed by atoms with Crippen molar-refractivity contribution >= 4 is 12.1 Å². The molecular weight excluding hydrogens is 128 g/mol. The third-order valence-electron chi connectivity index (χ3n) is 1.36. The van der Waals surface area contributed by atoms with E-state index < -0.39 is 5.92 Å². The van der Waals surface area contributed by atoms with Crippen molar-refractivity contribution in [1.29, 1.82) is 0 Å². The summed E-state index contributed by atoms with van der Waals surface area (Å²) in [6, 6.07) is 0. The van der Waals surface area contributed by atoms with Gasteiger partial charge in [-0.25, -0.2) is 0 Å². The summed E-state index contributed by atoms with van der Waals surface area (Å²) in [5.74, 6) is -0.456. The largest absolute Gasteiger partial charge is 0.303 e. The van der Waals surface area contributed by atoms with Crippen LogP contribution in [0.25, 0.3) is 0 Å². The van der Waals surface area contributed by atoms with Crippen molar-refractivity contribution in [3.05, 3.63) is 0 Å². The van der Waals surface area contributed by atoms with Crippen molar-refractivity contribution in [2.24, 2.45) is 11.3 Å². The zero-order valence-electron chi connectivity index (χ0n) is 6.97. The maximum atomic E-state index is 11.2. The van der Waals surface area contributed by atoms with Crippen LogP contribution in [-0.4, -0.2) is 12.1 Å². The summed E-state index contributed by atoms with van der Waals surface area (Å²) >= 11 is 0. The first kappa shape index (κ1) is 9.34. The van der Waals surface area contributed by atoms with Crippen LogP contribution in [0.4, 0.5) is 0 Å². The van der Waals surface area contributed by atoms with E-state index in [1.165, 1.54) is 0 Å². The zero-order valence-corrected chi connectivity index (χ0v) is 6.97. The Kier molecular flexibility index (Phi) is 2.76. The number of rotatable bonds is 2. The van der Waals surface area contributed by atoms with Gasteiger partial charge in [-0.15, -0.1) is 0 Å². The smallest absolute Gasteiger partial charge is 0.148 e. The van der Waals surface area contributed by atoms with Gasteiger partial charge in [-0.05, 0) is 6.92 Å². The second-order valence-corrected chi connectivity index (χ2v) is 3.54. The fourth-order valence-electron chi connectivity index (χ4n) is 0.745. The van der Waals surface area contributed by atoms with Crippen molar-refractivity contribution in [3.8, 4) is 0 Å². The number of aldehydes is 1. The Bertz CT molecular complexity index is 142. The highest BCUT2D eigenvalue weighted by molar-refractivity contribution is 5.95. The fourth-order valence-corrected chi connectivity index (χ4v) is 0.745. The number of hydrogen-bond donors (Lipinski definition) is 0. The summed E-state index contributed by atoms with van der Waals surface area (Å²) in [4.78, 5) is 21.3. The van der Waals surface area contributed by atoms with Crippen LogP contribution in [-0.2, 0) is 9.59 Å². The summed E-state index contributed by atoms with van der Waals surface area (Å²) in [6.07, 6.45) is 0.688. The van der Waals surface area contributed by atoms with Gasteiger partial charge < -0.3 is 4.79 Å². The Morgan fingerprint density at radius 1 is 1.40 bits per heavy atom. The summed E-state index contributed by atoms with van der Waals surface area (Å²) in [7, 11) is 0. The third kappa shape index (κ3) is 2.29. The molecule has 0 bridgehead atoms. The van der Waals surface area contributed by atoms with Crippen LogP contribution in [0.2, 0.25) is 0 Å². The van der Waals surface area contributed by atoms with Gasteiger partial charge in [0.1, 0.15) is 12.1 Å². The molecule has 2 nitrogen and oxygen atoms in total. The number of carbonyl (C=O) groups is 2. The lowest BCUT2D eigenvalue weighted by Gasteiger charge is -2.17. The molecule has 10 heavy (non-hydrogen) atoms. The van der Waals surface area contributed by atoms with E-state index in [1.807, 2.05) is 20.8 Å². The van der Waals surface area contributed by atoms with Crippen LogP contribution in [0.15, 0.2) is 0 Å². The van der Waals surface area contributed by atoms with E-state index in [1.54, 1.807) is 6.92 Å². The van der Waals surface area contributed by atoms with E-state index in [0.717, 1.165) is 0 Å². The molecule has 0 aliphatic heterocycles. The van der Waals surface area contributed by atoms with Crippen LogP contribution >= 0.6 is 0 Å². The second kappa shape index (κ2) is 2.95. The average Bonchev–Trinajstić information content (AvgIpc) is 1.83. The molecule has 0 saturated heterocycles. The molecule has 0 aromatic rings. The molecule has 0 N–H and O–H groups in total. The van der Waals surface area contributed by atoms with Crippen LogP contribution < -0.4 is 0 Å². The van der Waals surface area contributed by atoms with E-state index >= 15 is 0 Å². The normalized spacial score (nSPS) is 14.4. The van der Waals surface area contributed by atoms with Crippen molar-refractivity contribution < 1.29 is 9.59 Å². The molecule has 0 rings (SSSR count). The van der Waals surface area contributed by atoms with Crippen molar-refractivity contribution in [1.82, 2.24) is 0 Å². The molecule has 1 atom stereocenters. The highest BCUT2D eigenvalue weighted by Gasteiger charge is 2.25. The monoisotopic (exact) mass is 142 g/mol. The first-order valence-electron chi connectivity index (χ1n) is 3.39. The molecule has 0 aliphatic carbocycles. The van der Waals surface area contributed by atoms with E-state index in [9.17, 15) is 9.59 Å². The highest BCUT2D eigenvalue weighted by Crippen LogP contribution is 2.18. The van der Waals surface area contributed by atoms with Crippen molar-refractivity contribution in [3.63, 3.8) is 0 Å². The SMILES string of the molecule is CC(C=O)C(=O)C(C)(C)C. The van der Waals surface area contributed by atoms with Gasteiger partial charge in [-0.3, -0.25) is 4.79 Å². The lowest BCUT2D eigenvalue weighted by Crippen LogP contribution is -2.27. The Hall–Kier alpha value is -0.660. The second-order valence-electron chi connectivity index (χ2n) is 3.54. The van der Waals surface area contributed by atoms with E-state index in [2.05, 4.69) is 0 Å². The predicted molar refractivity (Wildman–Crippen MR) is 39.7 cm³/mol. The Labute approximate surface area is 61.6 Å². The standard InChI is InChI=1S/C8H14O2/c1-6(5-9)7(10)8(2,3)4/h5-6H,1-4H3. The molecule has 0 aromatic heterocycles. The molecule has 0 amide bonds. The van der Waals surface area contributed by atoms with Gasteiger partial charge in [0.05, 0.1) is 5.92 Å². The number of hydrogen-bond acceptors (Lipinski definition) is 2. The minimum Gasteiger partial charge on any atom is -0.303 e. The van der Waals surface area contributed by atoms with Gasteiger partial charge in [0.25, 0.3) is 0 Å².